The molecule has 0 fully saturated rings. The van der Waals surface area contributed by atoms with E-state index < -0.39 is 0 Å². The van der Waals surface area contributed by atoms with Gasteiger partial charge in [-0.3, -0.25) is 9.48 Å². The molecule has 1 aromatic carbocycles. The zero-order chi connectivity index (χ0) is 20.7. The number of amides is 1. The van der Waals surface area contributed by atoms with Crippen LogP contribution in [0.1, 0.15) is 41.4 Å². The molecule has 1 amide bonds. The topological polar surface area (TPSA) is 73.9 Å². The maximum absolute atomic E-state index is 13.5. The first-order chi connectivity index (χ1) is 13.3. The van der Waals surface area contributed by atoms with Gasteiger partial charge in [0.25, 0.3) is 0 Å². The van der Waals surface area contributed by atoms with Gasteiger partial charge in [-0.05, 0) is 57.6 Å². The van der Waals surface area contributed by atoms with E-state index >= 15 is 0 Å². The third-order valence-corrected chi connectivity index (χ3v) is 4.92. The summed E-state index contributed by atoms with van der Waals surface area (Å²) in [6, 6.07) is 8.48. The van der Waals surface area contributed by atoms with Crippen molar-refractivity contribution in [1.29, 1.82) is 5.26 Å². The molecule has 0 bridgehead atoms. The molecule has 1 atom stereocenters. The predicted octanol–water partition coefficient (Wildman–Crippen LogP) is 2.90. The second kappa shape index (κ2) is 10.00. The molecule has 0 aliphatic rings. The van der Waals surface area contributed by atoms with Crippen LogP contribution in [-0.4, -0.2) is 41.2 Å². The summed E-state index contributed by atoms with van der Waals surface area (Å²) in [7, 11) is 3.81. The van der Waals surface area contributed by atoms with Crippen molar-refractivity contribution in [3.63, 3.8) is 0 Å². The molecule has 0 saturated carbocycles. The average molecular weight is 385 g/mol. The number of likely N-dealkylation sites (N-methyl/N-ethyl adjacent to an activating group) is 1. The van der Waals surface area contributed by atoms with Gasteiger partial charge in [-0.1, -0.05) is 12.1 Å². The number of carbonyl (C=O) groups excluding carboxylic acids is 1. The number of carbonyl (C=O) groups is 1. The van der Waals surface area contributed by atoms with Crippen LogP contribution in [0.15, 0.2) is 24.3 Å². The van der Waals surface area contributed by atoms with Gasteiger partial charge < -0.3 is 10.2 Å². The zero-order valence-electron chi connectivity index (χ0n) is 17.0. The second-order valence-electron chi connectivity index (χ2n) is 7.12. The van der Waals surface area contributed by atoms with E-state index in [0.717, 1.165) is 22.5 Å². The Kier molecular flexibility index (Phi) is 7.70. The number of nitriles is 1. The summed E-state index contributed by atoms with van der Waals surface area (Å²) in [5.41, 5.74) is 3.79. The lowest BCUT2D eigenvalue weighted by Gasteiger charge is -2.25. The van der Waals surface area contributed by atoms with Crippen molar-refractivity contribution < 1.29 is 9.18 Å². The molecular formula is C21H28FN5O. The molecule has 1 heterocycles. The molecule has 6 nitrogen and oxygen atoms in total. The largest absolute Gasteiger partial charge is 0.354 e. The third kappa shape index (κ3) is 5.64. The van der Waals surface area contributed by atoms with Crippen molar-refractivity contribution >= 4 is 5.91 Å². The Labute approximate surface area is 166 Å². The summed E-state index contributed by atoms with van der Waals surface area (Å²) in [4.78, 5) is 14.3. The number of halogens is 1. The van der Waals surface area contributed by atoms with Gasteiger partial charge in [0.05, 0.1) is 30.8 Å². The van der Waals surface area contributed by atoms with Crippen LogP contribution >= 0.6 is 0 Å². The normalized spacial score (nSPS) is 12.0. The van der Waals surface area contributed by atoms with E-state index in [4.69, 9.17) is 5.26 Å². The van der Waals surface area contributed by atoms with Crippen LogP contribution in [0.5, 0.6) is 0 Å². The highest BCUT2D eigenvalue weighted by atomic mass is 19.1. The monoisotopic (exact) mass is 385 g/mol. The average Bonchev–Trinajstić information content (AvgIpc) is 2.91. The number of nitrogens with one attached hydrogen (secondary N) is 1. The van der Waals surface area contributed by atoms with Crippen LogP contribution in [0.2, 0.25) is 0 Å². The van der Waals surface area contributed by atoms with Crippen LogP contribution in [0.3, 0.4) is 0 Å². The highest BCUT2D eigenvalue weighted by molar-refractivity contribution is 5.76. The highest BCUT2D eigenvalue weighted by Crippen LogP contribution is 2.19. The summed E-state index contributed by atoms with van der Waals surface area (Å²) >= 11 is 0. The molecule has 150 valence electrons. The Morgan fingerprint density at radius 1 is 1.39 bits per heavy atom. The number of nitrogens with zero attached hydrogens (tertiary/aromatic N) is 4. The van der Waals surface area contributed by atoms with E-state index in [1.165, 1.54) is 12.1 Å². The Morgan fingerprint density at radius 3 is 2.79 bits per heavy atom. The molecule has 28 heavy (non-hydrogen) atoms. The standard InChI is InChI=1S/C21H28FN5O/c1-15-19(16(2)27(25-15)12-6-11-23)9-10-21(28)24-14-20(26(3)4)17-7-5-8-18(22)13-17/h5,7-8,13,20H,6,9-10,12,14H2,1-4H3,(H,24,28). The number of rotatable bonds is 9. The third-order valence-electron chi connectivity index (χ3n) is 4.92. The van der Waals surface area contributed by atoms with Crippen LogP contribution in [-0.2, 0) is 17.8 Å². The van der Waals surface area contributed by atoms with Crippen molar-refractivity contribution in [2.45, 2.75) is 45.7 Å². The zero-order valence-corrected chi connectivity index (χ0v) is 17.0. The summed E-state index contributed by atoms with van der Waals surface area (Å²) in [5.74, 6) is -0.332. The lowest BCUT2D eigenvalue weighted by Crippen LogP contribution is -2.34. The van der Waals surface area contributed by atoms with Gasteiger partial charge in [0.2, 0.25) is 5.91 Å². The van der Waals surface area contributed by atoms with Gasteiger partial charge in [0.15, 0.2) is 0 Å². The number of hydrogen-bond donors (Lipinski definition) is 1. The molecule has 1 unspecified atom stereocenters. The van der Waals surface area contributed by atoms with Crippen molar-refractivity contribution in [3.8, 4) is 6.07 Å². The maximum Gasteiger partial charge on any atom is 0.220 e. The van der Waals surface area contributed by atoms with E-state index in [-0.39, 0.29) is 17.8 Å². The van der Waals surface area contributed by atoms with E-state index in [2.05, 4.69) is 16.5 Å². The first-order valence-corrected chi connectivity index (χ1v) is 9.42. The van der Waals surface area contributed by atoms with Crippen molar-refractivity contribution in [1.82, 2.24) is 20.0 Å². The van der Waals surface area contributed by atoms with Crippen LogP contribution in [0.25, 0.3) is 0 Å². The van der Waals surface area contributed by atoms with Gasteiger partial charge in [-0.25, -0.2) is 4.39 Å². The SMILES string of the molecule is Cc1nn(CCC#N)c(C)c1CCC(=O)NCC(c1cccc(F)c1)N(C)C. The van der Waals surface area contributed by atoms with Crippen molar-refractivity contribution in [3.05, 3.63) is 52.6 Å². The Balaban J connectivity index is 1.93. The fourth-order valence-corrected chi connectivity index (χ4v) is 3.32. The molecule has 0 aliphatic heterocycles. The van der Waals surface area contributed by atoms with Crippen molar-refractivity contribution in [2.24, 2.45) is 0 Å². The van der Waals surface area contributed by atoms with E-state index in [1.807, 2.05) is 43.6 Å². The minimum absolute atomic E-state index is 0.0492. The smallest absolute Gasteiger partial charge is 0.220 e. The number of aromatic nitrogens is 2. The van der Waals surface area contributed by atoms with Gasteiger partial charge in [0, 0.05) is 18.7 Å². The van der Waals surface area contributed by atoms with E-state index in [9.17, 15) is 9.18 Å². The van der Waals surface area contributed by atoms with Crippen LogP contribution < -0.4 is 5.32 Å². The molecule has 0 radical (unpaired) electrons. The first-order valence-electron chi connectivity index (χ1n) is 9.42. The predicted molar refractivity (Wildman–Crippen MR) is 106 cm³/mol. The van der Waals surface area contributed by atoms with Crippen LogP contribution in [0, 0.1) is 31.0 Å². The minimum atomic E-state index is -0.282. The molecule has 2 aromatic rings. The highest BCUT2D eigenvalue weighted by Gasteiger charge is 2.17. The number of aryl methyl sites for hydroxylation is 2. The van der Waals surface area contributed by atoms with Crippen molar-refractivity contribution in [2.75, 3.05) is 20.6 Å². The van der Waals surface area contributed by atoms with E-state index in [0.29, 0.717) is 32.4 Å². The summed E-state index contributed by atoms with van der Waals surface area (Å²) in [5, 5.41) is 16.2. The molecular weight excluding hydrogens is 357 g/mol. The molecule has 0 spiro atoms. The Morgan fingerprint density at radius 2 is 2.14 bits per heavy atom. The quantitative estimate of drug-likeness (QED) is 0.720. The fraction of sp³-hybridized carbons (Fsp3) is 0.476. The van der Waals surface area contributed by atoms with Gasteiger partial charge in [-0.15, -0.1) is 0 Å². The van der Waals surface area contributed by atoms with Gasteiger partial charge >= 0.3 is 0 Å². The number of hydrogen-bond acceptors (Lipinski definition) is 4. The minimum Gasteiger partial charge on any atom is -0.354 e. The second-order valence-corrected chi connectivity index (χ2v) is 7.12. The molecule has 1 aromatic heterocycles. The maximum atomic E-state index is 13.5. The molecule has 0 saturated heterocycles. The lowest BCUT2D eigenvalue weighted by molar-refractivity contribution is -0.121. The summed E-state index contributed by atoms with van der Waals surface area (Å²) in [6.07, 6.45) is 1.37. The molecule has 7 heteroatoms. The summed E-state index contributed by atoms with van der Waals surface area (Å²) in [6.45, 7) is 4.87. The number of benzene rings is 1. The molecule has 2 rings (SSSR count). The fourth-order valence-electron chi connectivity index (χ4n) is 3.32. The Hall–Kier alpha value is -2.72. The van der Waals surface area contributed by atoms with Gasteiger partial charge in [0.1, 0.15) is 5.82 Å². The molecule has 0 aliphatic carbocycles. The lowest BCUT2D eigenvalue weighted by atomic mass is 10.1. The van der Waals surface area contributed by atoms with E-state index in [1.54, 1.807) is 6.07 Å². The van der Waals surface area contributed by atoms with Gasteiger partial charge in [-0.2, -0.15) is 10.4 Å². The molecule has 1 N–H and O–H groups in total. The van der Waals surface area contributed by atoms with Crippen LogP contribution in [0.4, 0.5) is 4.39 Å². The summed E-state index contributed by atoms with van der Waals surface area (Å²) < 4.78 is 15.4. The first kappa shape index (κ1) is 21.6. The Bertz CT molecular complexity index is 853.